The van der Waals surface area contributed by atoms with Crippen LogP contribution in [0.15, 0.2) is 6.20 Å². The maximum atomic E-state index is 11.7. The van der Waals surface area contributed by atoms with Crippen LogP contribution in [-0.2, 0) is 7.05 Å². The van der Waals surface area contributed by atoms with Gasteiger partial charge in [0.2, 0.25) is 0 Å². The molecule has 8 heteroatoms. The normalized spacial score (nSPS) is 10.4. The number of H-pyrrole nitrogens is 1. The fraction of sp³-hybridized carbons (Fsp3) is 0.250. The third-order valence-corrected chi connectivity index (χ3v) is 2.15. The van der Waals surface area contributed by atoms with Gasteiger partial charge in [-0.1, -0.05) is 0 Å². The fourth-order valence-corrected chi connectivity index (χ4v) is 1.31. The number of hydrogen-bond donors (Lipinski definition) is 3. The van der Waals surface area contributed by atoms with Crippen LogP contribution in [0.3, 0.4) is 0 Å². The Balaban J connectivity index is 2.25. The van der Waals surface area contributed by atoms with E-state index in [2.05, 4.69) is 25.8 Å². The minimum Gasteiger partial charge on any atom is -0.394 e. The third-order valence-electron chi connectivity index (χ3n) is 2.15. The summed E-state index contributed by atoms with van der Waals surface area (Å²) in [5, 5.41) is 16.3. The van der Waals surface area contributed by atoms with E-state index in [0.29, 0.717) is 17.2 Å². The van der Waals surface area contributed by atoms with Crippen molar-refractivity contribution in [3.63, 3.8) is 0 Å². The number of anilines is 2. The van der Waals surface area contributed by atoms with Crippen molar-refractivity contribution in [1.82, 2.24) is 25.2 Å². The van der Waals surface area contributed by atoms with Gasteiger partial charge in [0.25, 0.3) is 5.91 Å². The number of nitrogen functional groups attached to an aromatic ring is 1. The van der Waals surface area contributed by atoms with Crippen molar-refractivity contribution in [1.29, 1.82) is 0 Å². The van der Waals surface area contributed by atoms with E-state index in [-0.39, 0.29) is 11.6 Å². The first-order valence-electron chi connectivity index (χ1n) is 4.55. The van der Waals surface area contributed by atoms with E-state index in [1.54, 1.807) is 14.0 Å². The topological polar surface area (TPSA) is 115 Å². The van der Waals surface area contributed by atoms with E-state index >= 15 is 0 Å². The molecule has 84 valence electrons. The highest BCUT2D eigenvalue weighted by molar-refractivity contribution is 6.03. The Labute approximate surface area is 90.8 Å². The third kappa shape index (κ3) is 1.60. The summed E-state index contributed by atoms with van der Waals surface area (Å²) in [6.45, 7) is 1.76. The molecule has 0 saturated carbocycles. The van der Waals surface area contributed by atoms with Gasteiger partial charge in [-0.15, -0.1) is 0 Å². The van der Waals surface area contributed by atoms with Gasteiger partial charge >= 0.3 is 0 Å². The molecule has 0 aliphatic heterocycles. The lowest BCUT2D eigenvalue weighted by molar-refractivity contribution is 0.102. The van der Waals surface area contributed by atoms with Crippen LogP contribution in [0, 0.1) is 6.92 Å². The van der Waals surface area contributed by atoms with E-state index in [1.165, 1.54) is 10.9 Å². The molecule has 0 saturated heterocycles. The Morgan fingerprint density at radius 2 is 2.38 bits per heavy atom. The van der Waals surface area contributed by atoms with Crippen LogP contribution < -0.4 is 11.1 Å². The van der Waals surface area contributed by atoms with Gasteiger partial charge < -0.3 is 11.1 Å². The Morgan fingerprint density at radius 3 is 2.88 bits per heavy atom. The lowest BCUT2D eigenvalue weighted by atomic mass is 10.3. The first-order valence-corrected chi connectivity index (χ1v) is 4.55. The molecule has 1 amide bonds. The van der Waals surface area contributed by atoms with Gasteiger partial charge in [0, 0.05) is 7.05 Å². The van der Waals surface area contributed by atoms with Crippen molar-refractivity contribution in [3.8, 4) is 0 Å². The lowest BCUT2D eigenvalue weighted by Gasteiger charge is -2.03. The minimum atomic E-state index is -0.386. The predicted octanol–water partition coefficient (Wildman–Crippen LogP) is -0.319. The van der Waals surface area contributed by atoms with Crippen LogP contribution in [0.25, 0.3) is 0 Å². The number of rotatable bonds is 2. The highest BCUT2D eigenvalue weighted by atomic mass is 16.2. The maximum Gasteiger partial charge on any atom is 0.279 e. The van der Waals surface area contributed by atoms with E-state index in [0.717, 1.165) is 0 Å². The number of nitrogens with one attached hydrogen (secondary N) is 2. The molecule has 0 aliphatic carbocycles. The quantitative estimate of drug-likeness (QED) is 0.643. The lowest BCUT2D eigenvalue weighted by Crippen LogP contribution is -2.16. The summed E-state index contributed by atoms with van der Waals surface area (Å²) < 4.78 is 1.50. The molecule has 0 radical (unpaired) electrons. The minimum absolute atomic E-state index is 0.193. The molecule has 0 unspecified atom stereocenters. The Kier molecular flexibility index (Phi) is 2.31. The average Bonchev–Trinajstić information content (AvgIpc) is 2.83. The van der Waals surface area contributed by atoms with Gasteiger partial charge in [0.15, 0.2) is 11.5 Å². The van der Waals surface area contributed by atoms with Crippen LogP contribution >= 0.6 is 0 Å². The van der Waals surface area contributed by atoms with Crippen LogP contribution in [0.1, 0.15) is 16.2 Å². The zero-order chi connectivity index (χ0) is 11.7. The Bertz CT molecular complexity index is 513. The van der Waals surface area contributed by atoms with E-state index in [9.17, 15) is 4.79 Å². The molecule has 2 aromatic heterocycles. The van der Waals surface area contributed by atoms with Gasteiger partial charge in [-0.05, 0) is 6.92 Å². The van der Waals surface area contributed by atoms with E-state index < -0.39 is 0 Å². The molecular weight excluding hydrogens is 210 g/mol. The van der Waals surface area contributed by atoms with Crippen molar-refractivity contribution in [2.24, 2.45) is 7.05 Å². The molecule has 2 heterocycles. The zero-order valence-electron chi connectivity index (χ0n) is 8.85. The number of aryl methyl sites for hydroxylation is 2. The number of aromatic nitrogens is 5. The summed E-state index contributed by atoms with van der Waals surface area (Å²) in [5.41, 5.74) is 7.06. The number of hydrogen-bond acceptors (Lipinski definition) is 5. The molecular formula is C8H11N7O. The summed E-state index contributed by atoms with van der Waals surface area (Å²) >= 11 is 0. The molecule has 4 N–H and O–H groups in total. The van der Waals surface area contributed by atoms with Gasteiger partial charge in [-0.25, -0.2) is 0 Å². The molecule has 8 nitrogen and oxygen atoms in total. The first-order chi connectivity index (χ1) is 7.59. The number of aromatic amines is 1. The molecule has 16 heavy (non-hydrogen) atoms. The molecule has 0 atom stereocenters. The standard InChI is InChI=1S/C8H11N7O/c1-4-6(9)7(15(2)13-4)11-8(16)5-3-10-14-12-5/h3H,9H2,1-2H3,(H,11,16)(H,10,12,14). The number of carbonyl (C=O) groups is 1. The van der Waals surface area contributed by atoms with Gasteiger partial charge in [-0.3, -0.25) is 9.48 Å². The molecule has 0 spiro atoms. The highest BCUT2D eigenvalue weighted by Crippen LogP contribution is 2.21. The number of nitrogens with two attached hydrogens (primary N) is 1. The monoisotopic (exact) mass is 221 g/mol. The average molecular weight is 221 g/mol. The summed E-state index contributed by atoms with van der Waals surface area (Å²) in [6.07, 6.45) is 1.33. The molecule has 0 bridgehead atoms. The van der Waals surface area contributed by atoms with Crippen molar-refractivity contribution in [2.45, 2.75) is 6.92 Å². The fourth-order valence-electron chi connectivity index (χ4n) is 1.31. The van der Waals surface area contributed by atoms with Gasteiger partial charge in [-0.2, -0.15) is 20.5 Å². The van der Waals surface area contributed by atoms with Crippen molar-refractivity contribution < 1.29 is 4.79 Å². The second-order valence-corrected chi connectivity index (χ2v) is 3.28. The molecule has 2 rings (SSSR count). The summed E-state index contributed by atoms with van der Waals surface area (Å²) in [6, 6.07) is 0. The maximum absolute atomic E-state index is 11.7. The van der Waals surface area contributed by atoms with Gasteiger partial charge in [0.1, 0.15) is 0 Å². The van der Waals surface area contributed by atoms with Crippen molar-refractivity contribution in [2.75, 3.05) is 11.1 Å². The molecule has 0 aliphatic rings. The smallest absolute Gasteiger partial charge is 0.279 e. The second kappa shape index (κ2) is 3.65. The first kappa shape index (κ1) is 10.1. The Morgan fingerprint density at radius 1 is 1.62 bits per heavy atom. The largest absolute Gasteiger partial charge is 0.394 e. The van der Waals surface area contributed by atoms with Crippen molar-refractivity contribution >= 4 is 17.4 Å². The predicted molar refractivity (Wildman–Crippen MR) is 56.7 cm³/mol. The van der Waals surface area contributed by atoms with Crippen molar-refractivity contribution in [3.05, 3.63) is 17.6 Å². The van der Waals surface area contributed by atoms with E-state index in [1.807, 2.05) is 0 Å². The molecule has 0 fully saturated rings. The summed E-state index contributed by atoms with van der Waals surface area (Å²) in [5.74, 6) is 0.0638. The SMILES string of the molecule is Cc1nn(C)c(NC(=O)c2cn[nH]n2)c1N. The Hall–Kier alpha value is -2.38. The number of amides is 1. The van der Waals surface area contributed by atoms with Crippen LogP contribution in [0.5, 0.6) is 0 Å². The molecule has 0 aromatic carbocycles. The van der Waals surface area contributed by atoms with Gasteiger partial charge in [0.05, 0.1) is 17.6 Å². The summed E-state index contributed by atoms with van der Waals surface area (Å²) in [7, 11) is 1.70. The van der Waals surface area contributed by atoms with Crippen LogP contribution in [0.2, 0.25) is 0 Å². The number of carbonyl (C=O) groups excluding carboxylic acids is 1. The second-order valence-electron chi connectivity index (χ2n) is 3.28. The zero-order valence-corrected chi connectivity index (χ0v) is 8.85. The van der Waals surface area contributed by atoms with Crippen LogP contribution in [0.4, 0.5) is 11.5 Å². The highest BCUT2D eigenvalue weighted by Gasteiger charge is 2.15. The summed E-state index contributed by atoms with van der Waals surface area (Å²) in [4.78, 5) is 11.7. The molecule has 2 aromatic rings. The number of nitrogens with zero attached hydrogens (tertiary/aromatic N) is 4. The van der Waals surface area contributed by atoms with Crippen LogP contribution in [-0.4, -0.2) is 31.1 Å². The van der Waals surface area contributed by atoms with E-state index in [4.69, 9.17) is 5.73 Å².